The van der Waals surface area contributed by atoms with Crippen LogP contribution in [0.25, 0.3) is 0 Å². The van der Waals surface area contributed by atoms with Gasteiger partial charge in [0.05, 0.1) is 24.9 Å². The highest BCUT2D eigenvalue weighted by Crippen LogP contribution is 2.16. The molecule has 0 saturated carbocycles. The number of ether oxygens (including phenoxy) is 1. The van der Waals surface area contributed by atoms with Gasteiger partial charge in [0.1, 0.15) is 0 Å². The largest absolute Gasteiger partial charge is 0.378 e. The van der Waals surface area contributed by atoms with Crippen molar-refractivity contribution in [3.05, 3.63) is 17.8 Å². The van der Waals surface area contributed by atoms with Crippen LogP contribution in [0.4, 0.5) is 5.82 Å². The average Bonchev–Trinajstić information content (AvgIpc) is 2.29. The van der Waals surface area contributed by atoms with Crippen molar-refractivity contribution >= 4 is 5.82 Å². The molecule has 0 unspecified atom stereocenters. The Kier molecular flexibility index (Phi) is 2.94. The fourth-order valence-corrected chi connectivity index (χ4v) is 2.31. The van der Waals surface area contributed by atoms with Gasteiger partial charge >= 0.3 is 0 Å². The summed E-state index contributed by atoms with van der Waals surface area (Å²) in [6, 6.07) is 4.74. The lowest BCUT2D eigenvalue weighted by atomic mass is 10.2. The molecule has 0 amide bonds. The summed E-state index contributed by atoms with van der Waals surface area (Å²) in [7, 11) is 0. The third kappa shape index (κ3) is 2.25. The monoisotopic (exact) mass is 234 g/mol. The van der Waals surface area contributed by atoms with Crippen molar-refractivity contribution in [2.45, 2.75) is 13.0 Å². The van der Waals surface area contributed by atoms with Crippen LogP contribution in [0.3, 0.4) is 0 Å². The number of piperazine rings is 1. The molecule has 0 atom stereocenters. The minimum atomic E-state index is 0.654. The van der Waals surface area contributed by atoms with E-state index in [1.165, 1.54) is 0 Å². The highest BCUT2D eigenvalue weighted by Gasteiger charge is 2.29. The second-order valence-corrected chi connectivity index (χ2v) is 4.75. The van der Waals surface area contributed by atoms with Gasteiger partial charge in [-0.1, -0.05) is 0 Å². The first kappa shape index (κ1) is 10.9. The topological polar surface area (TPSA) is 41.5 Å². The summed E-state index contributed by atoms with van der Waals surface area (Å²) in [5.74, 6) is 1.00. The molecule has 5 nitrogen and oxygen atoms in total. The first-order chi connectivity index (χ1) is 8.33. The quantitative estimate of drug-likeness (QED) is 0.736. The van der Waals surface area contributed by atoms with Crippen LogP contribution < -0.4 is 4.90 Å². The Morgan fingerprint density at radius 2 is 1.88 bits per heavy atom. The fourth-order valence-electron chi connectivity index (χ4n) is 2.31. The smallest absolute Gasteiger partial charge is 0.151 e. The zero-order valence-corrected chi connectivity index (χ0v) is 10.2. The zero-order chi connectivity index (χ0) is 11.7. The Morgan fingerprint density at radius 3 is 2.41 bits per heavy atom. The maximum absolute atomic E-state index is 5.24. The van der Waals surface area contributed by atoms with Gasteiger partial charge in [0, 0.05) is 26.2 Å². The third-order valence-corrected chi connectivity index (χ3v) is 3.56. The van der Waals surface area contributed by atoms with E-state index in [-0.39, 0.29) is 0 Å². The predicted octanol–water partition coefficient (Wildman–Crippen LogP) is 0.306. The lowest BCUT2D eigenvalue weighted by molar-refractivity contribution is -0.0661. The van der Waals surface area contributed by atoms with Crippen molar-refractivity contribution in [3.8, 4) is 0 Å². The molecule has 2 fully saturated rings. The van der Waals surface area contributed by atoms with Gasteiger partial charge < -0.3 is 9.64 Å². The number of rotatable bonds is 2. The maximum Gasteiger partial charge on any atom is 0.151 e. The van der Waals surface area contributed by atoms with Gasteiger partial charge in [0.2, 0.25) is 0 Å². The molecule has 5 heteroatoms. The SMILES string of the molecule is Cc1ccc(N2CCN(C3COC3)CC2)nn1. The summed E-state index contributed by atoms with van der Waals surface area (Å²) in [6.45, 7) is 8.05. The van der Waals surface area contributed by atoms with Crippen molar-refractivity contribution < 1.29 is 4.74 Å². The van der Waals surface area contributed by atoms with Gasteiger partial charge in [-0.05, 0) is 19.1 Å². The van der Waals surface area contributed by atoms with Crippen LogP contribution in [0.2, 0.25) is 0 Å². The molecule has 0 aliphatic carbocycles. The summed E-state index contributed by atoms with van der Waals surface area (Å²) >= 11 is 0. The molecule has 0 aromatic carbocycles. The Labute approximate surface area is 101 Å². The number of nitrogens with zero attached hydrogens (tertiary/aromatic N) is 4. The first-order valence-electron chi connectivity index (χ1n) is 6.20. The predicted molar refractivity (Wildman–Crippen MR) is 65.2 cm³/mol. The standard InChI is InChI=1S/C12H18N4O/c1-10-2-3-12(14-13-10)16-6-4-15(5-7-16)11-8-17-9-11/h2-3,11H,4-9H2,1H3. The normalized spacial score (nSPS) is 22.5. The van der Waals surface area contributed by atoms with Crippen LogP contribution in [-0.2, 0) is 4.74 Å². The van der Waals surface area contributed by atoms with Gasteiger partial charge in [0.25, 0.3) is 0 Å². The third-order valence-electron chi connectivity index (χ3n) is 3.56. The average molecular weight is 234 g/mol. The van der Waals surface area contributed by atoms with Crippen molar-refractivity contribution in [1.82, 2.24) is 15.1 Å². The number of hydrogen-bond donors (Lipinski definition) is 0. The number of aromatic nitrogens is 2. The molecular formula is C12H18N4O. The van der Waals surface area contributed by atoms with E-state index in [1.54, 1.807) is 0 Å². The molecule has 2 saturated heterocycles. The van der Waals surface area contributed by atoms with Gasteiger partial charge in [-0.15, -0.1) is 5.10 Å². The highest BCUT2D eigenvalue weighted by atomic mass is 16.5. The summed E-state index contributed by atoms with van der Waals surface area (Å²) in [6.07, 6.45) is 0. The Morgan fingerprint density at radius 1 is 1.12 bits per heavy atom. The van der Waals surface area contributed by atoms with E-state index >= 15 is 0 Å². The zero-order valence-electron chi connectivity index (χ0n) is 10.2. The van der Waals surface area contributed by atoms with Crippen molar-refractivity contribution in [2.75, 3.05) is 44.3 Å². The molecule has 0 radical (unpaired) electrons. The van der Waals surface area contributed by atoms with Crippen LogP contribution in [0.1, 0.15) is 5.69 Å². The first-order valence-corrected chi connectivity index (χ1v) is 6.20. The van der Waals surface area contributed by atoms with E-state index in [0.717, 1.165) is 50.9 Å². The van der Waals surface area contributed by atoms with E-state index in [2.05, 4.69) is 26.1 Å². The molecular weight excluding hydrogens is 216 g/mol. The second-order valence-electron chi connectivity index (χ2n) is 4.75. The summed E-state index contributed by atoms with van der Waals surface area (Å²) in [4.78, 5) is 4.82. The molecule has 92 valence electrons. The van der Waals surface area contributed by atoms with Crippen LogP contribution in [0.15, 0.2) is 12.1 Å². The van der Waals surface area contributed by atoms with Crippen LogP contribution in [-0.4, -0.2) is 60.5 Å². The van der Waals surface area contributed by atoms with Gasteiger partial charge in [-0.3, -0.25) is 4.90 Å². The van der Waals surface area contributed by atoms with Crippen molar-refractivity contribution in [1.29, 1.82) is 0 Å². The lowest BCUT2D eigenvalue weighted by Crippen LogP contribution is -2.56. The van der Waals surface area contributed by atoms with E-state index in [4.69, 9.17) is 4.74 Å². The van der Waals surface area contributed by atoms with Gasteiger partial charge in [-0.25, -0.2) is 0 Å². The lowest BCUT2D eigenvalue weighted by Gasteiger charge is -2.42. The number of anilines is 1. The molecule has 2 aliphatic rings. The Hall–Kier alpha value is -1.20. The van der Waals surface area contributed by atoms with E-state index in [9.17, 15) is 0 Å². The highest BCUT2D eigenvalue weighted by molar-refractivity contribution is 5.37. The Bertz CT molecular complexity index is 369. The second kappa shape index (κ2) is 4.58. The minimum Gasteiger partial charge on any atom is -0.378 e. The molecule has 1 aromatic rings. The molecule has 0 bridgehead atoms. The van der Waals surface area contributed by atoms with Crippen molar-refractivity contribution in [3.63, 3.8) is 0 Å². The molecule has 3 heterocycles. The number of aryl methyl sites for hydroxylation is 1. The molecule has 17 heavy (non-hydrogen) atoms. The van der Waals surface area contributed by atoms with E-state index in [1.807, 2.05) is 13.0 Å². The summed E-state index contributed by atoms with van der Waals surface area (Å²) in [5.41, 5.74) is 0.971. The van der Waals surface area contributed by atoms with E-state index in [0.29, 0.717) is 6.04 Å². The van der Waals surface area contributed by atoms with Gasteiger partial charge in [-0.2, -0.15) is 5.10 Å². The van der Waals surface area contributed by atoms with E-state index < -0.39 is 0 Å². The molecule has 0 N–H and O–H groups in total. The van der Waals surface area contributed by atoms with Crippen LogP contribution in [0, 0.1) is 6.92 Å². The Balaban J connectivity index is 1.58. The molecule has 0 spiro atoms. The molecule has 3 rings (SSSR count). The maximum atomic E-state index is 5.24. The number of hydrogen-bond acceptors (Lipinski definition) is 5. The summed E-state index contributed by atoms with van der Waals surface area (Å²) in [5, 5.41) is 8.35. The summed E-state index contributed by atoms with van der Waals surface area (Å²) < 4.78 is 5.24. The molecule has 2 aliphatic heterocycles. The van der Waals surface area contributed by atoms with Crippen molar-refractivity contribution in [2.24, 2.45) is 0 Å². The fraction of sp³-hybridized carbons (Fsp3) is 0.667. The van der Waals surface area contributed by atoms with Gasteiger partial charge in [0.15, 0.2) is 5.82 Å². The van der Waals surface area contributed by atoms with Crippen LogP contribution in [0.5, 0.6) is 0 Å². The van der Waals surface area contributed by atoms with Crippen LogP contribution >= 0.6 is 0 Å². The minimum absolute atomic E-state index is 0.654. The molecule has 1 aromatic heterocycles.